The summed E-state index contributed by atoms with van der Waals surface area (Å²) in [7, 11) is 0. The second-order valence-corrected chi connectivity index (χ2v) is 7.81. The lowest BCUT2D eigenvalue weighted by Gasteiger charge is -2.12. The average Bonchev–Trinajstić information content (AvgIpc) is 3.12. The van der Waals surface area contributed by atoms with E-state index in [1.54, 1.807) is 54.0 Å². The molecule has 0 aliphatic carbocycles. The van der Waals surface area contributed by atoms with Gasteiger partial charge in [-0.05, 0) is 48.9 Å². The number of pyridine rings is 1. The molecule has 0 atom stereocenters. The molecule has 7 heteroatoms. The van der Waals surface area contributed by atoms with Crippen molar-refractivity contribution in [3.05, 3.63) is 129 Å². The lowest BCUT2D eigenvalue weighted by Crippen LogP contribution is -2.23. The molecule has 0 unspecified atom stereocenters. The maximum Gasteiger partial charge on any atom is 0.280 e. The number of hydrogen-bond donors (Lipinski definition) is 1. The van der Waals surface area contributed by atoms with Crippen LogP contribution in [0.1, 0.15) is 11.3 Å². The van der Waals surface area contributed by atoms with Crippen molar-refractivity contribution in [1.29, 1.82) is 0 Å². The largest absolute Gasteiger partial charge is 0.457 e. The van der Waals surface area contributed by atoms with Crippen LogP contribution >= 0.6 is 11.6 Å². The van der Waals surface area contributed by atoms with Crippen LogP contribution in [0.15, 0.2) is 101 Å². The van der Waals surface area contributed by atoms with Gasteiger partial charge in [0.15, 0.2) is 0 Å². The number of fused-ring (bicyclic) bond motifs is 1. The molecule has 2 aromatic heterocycles. The van der Waals surface area contributed by atoms with E-state index in [4.69, 9.17) is 16.3 Å². The molecule has 0 fully saturated rings. The number of allylic oxidation sites excluding steroid dienone is 3. The molecule has 0 radical (unpaired) electrons. The maximum absolute atomic E-state index is 13.2. The highest BCUT2D eigenvalue weighted by Gasteiger charge is 2.16. The van der Waals surface area contributed by atoms with E-state index in [0.717, 1.165) is 5.56 Å². The summed E-state index contributed by atoms with van der Waals surface area (Å²) in [6, 6.07) is 15.9. The second-order valence-electron chi connectivity index (χ2n) is 7.40. The predicted octanol–water partition coefficient (Wildman–Crippen LogP) is 5.13. The number of benzene rings is 2. The fourth-order valence-electron chi connectivity index (χ4n) is 3.69. The molecule has 6 nitrogen and oxygen atoms in total. The molecule has 0 saturated heterocycles. The number of aryl methyl sites for hydroxylation is 1. The van der Waals surface area contributed by atoms with Crippen LogP contribution < -0.4 is 15.9 Å². The van der Waals surface area contributed by atoms with Gasteiger partial charge in [-0.25, -0.2) is 4.68 Å². The molecular weight excluding hydrogens is 438 g/mol. The van der Waals surface area contributed by atoms with Gasteiger partial charge < -0.3 is 9.30 Å². The van der Waals surface area contributed by atoms with E-state index < -0.39 is 0 Å². The molecule has 4 rings (SSSR count). The van der Waals surface area contributed by atoms with Crippen LogP contribution in [0.4, 0.5) is 0 Å². The molecule has 0 bridgehead atoms. The number of rotatable bonds is 7. The zero-order chi connectivity index (χ0) is 23.5. The maximum atomic E-state index is 13.2. The van der Waals surface area contributed by atoms with Gasteiger partial charge in [0.25, 0.3) is 11.1 Å². The van der Waals surface area contributed by atoms with Crippen molar-refractivity contribution in [1.82, 2.24) is 14.3 Å². The number of H-pyrrole nitrogens is 1. The number of nitrogens with zero attached hydrogens (tertiary/aromatic N) is 2. The molecule has 2 heterocycles. The molecule has 0 aliphatic rings. The molecule has 0 aliphatic heterocycles. The Morgan fingerprint density at radius 2 is 1.91 bits per heavy atom. The van der Waals surface area contributed by atoms with Crippen molar-refractivity contribution in [2.45, 2.75) is 13.5 Å². The molecule has 0 spiro atoms. The van der Waals surface area contributed by atoms with E-state index in [2.05, 4.69) is 18.3 Å². The summed E-state index contributed by atoms with van der Waals surface area (Å²) in [6.07, 6.45) is 4.91. The number of aromatic amines is 1. The van der Waals surface area contributed by atoms with E-state index in [1.165, 1.54) is 10.7 Å². The molecular formula is C26H22ClN3O3. The second kappa shape index (κ2) is 9.22. The highest BCUT2D eigenvalue weighted by Crippen LogP contribution is 2.21. The Hall–Kier alpha value is -4.03. The monoisotopic (exact) mass is 459 g/mol. The summed E-state index contributed by atoms with van der Waals surface area (Å²) in [5, 5.41) is 3.87. The minimum atomic E-state index is -0.272. The number of para-hydroxylation sites is 1. The lowest BCUT2D eigenvalue weighted by atomic mass is 10.2. The predicted molar refractivity (Wildman–Crippen MR) is 133 cm³/mol. The standard InChI is InChI=1S/C26H22ClN3O3/c1-4-9-19(5-2)33-20-11-8-10-18(14-20)16-29-17(3)25-22(15-24(29)31)28-30(26(25)32)23-13-7-6-12-21(23)27/h4-15,28H,1-2,16H2,3H3/b19-9+. The van der Waals surface area contributed by atoms with Gasteiger partial charge in [-0.15, -0.1) is 0 Å². The summed E-state index contributed by atoms with van der Waals surface area (Å²) in [5.41, 5.74) is 1.90. The van der Waals surface area contributed by atoms with Gasteiger partial charge in [-0.3, -0.25) is 14.7 Å². The van der Waals surface area contributed by atoms with Gasteiger partial charge in [0.05, 0.1) is 28.2 Å². The van der Waals surface area contributed by atoms with Gasteiger partial charge >= 0.3 is 0 Å². The van der Waals surface area contributed by atoms with Gasteiger partial charge in [0.1, 0.15) is 11.5 Å². The Kier molecular flexibility index (Phi) is 6.20. The Morgan fingerprint density at radius 3 is 2.64 bits per heavy atom. The van der Waals surface area contributed by atoms with E-state index in [0.29, 0.717) is 38.8 Å². The third kappa shape index (κ3) is 4.33. The zero-order valence-corrected chi connectivity index (χ0v) is 18.8. The number of ether oxygens (including phenoxy) is 1. The normalized spacial score (nSPS) is 11.5. The average molecular weight is 460 g/mol. The van der Waals surface area contributed by atoms with E-state index in [1.807, 2.05) is 24.3 Å². The Bertz CT molecular complexity index is 1520. The van der Waals surface area contributed by atoms with Crippen LogP contribution in [0.3, 0.4) is 0 Å². The number of nitrogens with one attached hydrogen (secondary N) is 1. The van der Waals surface area contributed by atoms with Crippen molar-refractivity contribution < 1.29 is 4.74 Å². The van der Waals surface area contributed by atoms with E-state index in [9.17, 15) is 9.59 Å². The van der Waals surface area contributed by atoms with Crippen molar-refractivity contribution >= 4 is 22.5 Å². The van der Waals surface area contributed by atoms with Crippen molar-refractivity contribution in [2.24, 2.45) is 0 Å². The summed E-state index contributed by atoms with van der Waals surface area (Å²) < 4.78 is 8.74. The lowest BCUT2D eigenvalue weighted by molar-refractivity contribution is 0.444. The number of aromatic nitrogens is 3. The first-order valence-electron chi connectivity index (χ1n) is 10.2. The van der Waals surface area contributed by atoms with E-state index >= 15 is 0 Å². The highest BCUT2D eigenvalue weighted by atomic mass is 35.5. The topological polar surface area (TPSA) is 69.0 Å². The van der Waals surface area contributed by atoms with Crippen LogP contribution in [0.2, 0.25) is 5.02 Å². The fraction of sp³-hybridized carbons (Fsp3) is 0.0769. The van der Waals surface area contributed by atoms with Gasteiger partial charge in [-0.2, -0.15) is 0 Å². The zero-order valence-electron chi connectivity index (χ0n) is 18.0. The third-order valence-corrected chi connectivity index (χ3v) is 5.59. The van der Waals surface area contributed by atoms with Crippen LogP contribution in [-0.2, 0) is 6.54 Å². The summed E-state index contributed by atoms with van der Waals surface area (Å²) in [5.74, 6) is 1.17. The van der Waals surface area contributed by atoms with Crippen LogP contribution in [0.5, 0.6) is 5.75 Å². The van der Waals surface area contributed by atoms with Crippen molar-refractivity contribution in [3.8, 4) is 11.4 Å². The Labute approximate surface area is 195 Å². The number of hydrogen-bond acceptors (Lipinski definition) is 3. The van der Waals surface area contributed by atoms with Crippen LogP contribution in [0, 0.1) is 6.92 Å². The van der Waals surface area contributed by atoms with Gasteiger partial charge in [0.2, 0.25) is 0 Å². The molecule has 33 heavy (non-hydrogen) atoms. The van der Waals surface area contributed by atoms with Crippen LogP contribution in [0.25, 0.3) is 16.6 Å². The number of halogens is 1. The fourth-order valence-corrected chi connectivity index (χ4v) is 3.92. The summed E-state index contributed by atoms with van der Waals surface area (Å²) >= 11 is 6.27. The van der Waals surface area contributed by atoms with Crippen molar-refractivity contribution in [2.75, 3.05) is 0 Å². The van der Waals surface area contributed by atoms with Crippen molar-refractivity contribution in [3.63, 3.8) is 0 Å². The Balaban J connectivity index is 1.76. The first-order valence-corrected chi connectivity index (χ1v) is 10.6. The summed E-state index contributed by atoms with van der Waals surface area (Å²) in [4.78, 5) is 26.1. The molecule has 1 N–H and O–H groups in total. The molecule has 4 aromatic rings. The first-order chi connectivity index (χ1) is 15.9. The smallest absolute Gasteiger partial charge is 0.280 e. The molecule has 166 valence electrons. The quantitative estimate of drug-likeness (QED) is 0.308. The minimum absolute atomic E-state index is 0.225. The molecule has 0 saturated carbocycles. The third-order valence-electron chi connectivity index (χ3n) is 5.27. The van der Waals surface area contributed by atoms with Crippen LogP contribution in [-0.4, -0.2) is 14.3 Å². The van der Waals surface area contributed by atoms with E-state index in [-0.39, 0.29) is 17.7 Å². The Morgan fingerprint density at radius 1 is 1.12 bits per heavy atom. The minimum Gasteiger partial charge on any atom is -0.457 e. The highest BCUT2D eigenvalue weighted by molar-refractivity contribution is 6.32. The summed E-state index contributed by atoms with van der Waals surface area (Å²) in [6.45, 7) is 9.43. The molecule has 0 amide bonds. The SMILES string of the molecule is C=C/C=C(\C=C)Oc1cccc(Cn2c(C)c3c(=O)n(-c4ccccc4Cl)[nH]c3cc2=O)c1. The van der Waals surface area contributed by atoms with Gasteiger partial charge in [0, 0.05) is 11.8 Å². The van der Waals surface area contributed by atoms with Gasteiger partial charge in [-0.1, -0.05) is 55.1 Å². The molecule has 2 aromatic carbocycles. The first kappa shape index (κ1) is 22.2.